The summed E-state index contributed by atoms with van der Waals surface area (Å²) in [6.07, 6.45) is 5.23. The fourth-order valence-corrected chi connectivity index (χ4v) is 2.50. The first-order chi connectivity index (χ1) is 7.03. The van der Waals surface area contributed by atoms with Crippen molar-refractivity contribution in [1.29, 1.82) is 0 Å². The van der Waals surface area contributed by atoms with Crippen molar-refractivity contribution in [2.24, 2.45) is 0 Å². The highest BCUT2D eigenvalue weighted by atomic mass is 32.2. The zero-order valence-electron chi connectivity index (χ0n) is 9.32. The lowest BCUT2D eigenvalue weighted by Gasteiger charge is -2.23. The molecule has 0 aromatic heterocycles. The van der Waals surface area contributed by atoms with Crippen LogP contribution in [-0.2, 0) is 14.6 Å². The van der Waals surface area contributed by atoms with Crippen LogP contribution in [0.1, 0.15) is 19.8 Å². The van der Waals surface area contributed by atoms with Gasteiger partial charge >= 0.3 is 0 Å². The molecule has 4 nitrogen and oxygen atoms in total. The van der Waals surface area contributed by atoms with Crippen molar-refractivity contribution in [2.75, 3.05) is 25.2 Å². The highest BCUT2D eigenvalue weighted by Crippen LogP contribution is 2.14. The maximum atomic E-state index is 11.2. The first kappa shape index (κ1) is 12.5. The molecule has 1 atom stereocenters. The first-order valence-corrected chi connectivity index (χ1v) is 7.33. The number of hydrogen-bond acceptors (Lipinski definition) is 4. The van der Waals surface area contributed by atoms with Crippen LogP contribution in [0.5, 0.6) is 0 Å². The number of allylic oxidation sites excluding steroid dienone is 1. The molecule has 15 heavy (non-hydrogen) atoms. The van der Waals surface area contributed by atoms with Crippen LogP contribution in [0.2, 0.25) is 0 Å². The Morgan fingerprint density at radius 3 is 2.80 bits per heavy atom. The molecule has 0 fully saturated rings. The molecule has 88 valence electrons. The van der Waals surface area contributed by atoms with E-state index in [4.69, 9.17) is 4.74 Å². The summed E-state index contributed by atoms with van der Waals surface area (Å²) in [6, 6.07) is -0.190. The summed E-state index contributed by atoms with van der Waals surface area (Å²) in [4.78, 5) is 0. The van der Waals surface area contributed by atoms with Gasteiger partial charge in [-0.05, 0) is 25.5 Å². The minimum atomic E-state index is -2.98. The van der Waals surface area contributed by atoms with Gasteiger partial charge in [0.25, 0.3) is 0 Å². The van der Waals surface area contributed by atoms with Gasteiger partial charge in [-0.3, -0.25) is 0 Å². The first-order valence-electron chi connectivity index (χ1n) is 5.27. The molecule has 0 saturated heterocycles. The van der Waals surface area contributed by atoms with Crippen molar-refractivity contribution in [1.82, 2.24) is 5.32 Å². The van der Waals surface area contributed by atoms with E-state index in [9.17, 15) is 8.42 Å². The number of nitrogens with one attached hydrogen (secondary N) is 1. The second-order valence-corrected chi connectivity index (χ2v) is 5.98. The second-order valence-electron chi connectivity index (χ2n) is 3.80. The molecule has 1 rings (SSSR count). The Morgan fingerprint density at radius 1 is 1.60 bits per heavy atom. The quantitative estimate of drug-likeness (QED) is 0.759. The van der Waals surface area contributed by atoms with E-state index in [2.05, 4.69) is 5.32 Å². The molecule has 5 heteroatoms. The van der Waals surface area contributed by atoms with E-state index in [0.29, 0.717) is 6.61 Å². The maximum absolute atomic E-state index is 11.2. The SMILES string of the molecule is CCNC(CS(C)(=O)=O)C1=CCCCO1. The molecule has 1 unspecified atom stereocenters. The lowest BCUT2D eigenvalue weighted by Crippen LogP contribution is -2.38. The molecule has 0 aliphatic carbocycles. The summed E-state index contributed by atoms with van der Waals surface area (Å²) >= 11 is 0. The van der Waals surface area contributed by atoms with E-state index in [-0.39, 0.29) is 11.8 Å². The van der Waals surface area contributed by atoms with Gasteiger partial charge in [0.1, 0.15) is 15.6 Å². The van der Waals surface area contributed by atoms with E-state index in [0.717, 1.165) is 25.1 Å². The Kier molecular flexibility index (Phi) is 4.60. The van der Waals surface area contributed by atoms with Gasteiger partial charge < -0.3 is 10.1 Å². The molecule has 0 aromatic carbocycles. The molecule has 0 saturated carbocycles. The standard InChI is InChI=1S/C10H19NO3S/c1-3-11-9(8-15(2,12)13)10-6-4-5-7-14-10/h6,9,11H,3-5,7-8H2,1-2H3. The smallest absolute Gasteiger partial charge is 0.149 e. The third kappa shape index (κ3) is 4.66. The van der Waals surface area contributed by atoms with Gasteiger partial charge in [-0.1, -0.05) is 6.92 Å². The molecule has 1 heterocycles. The third-order valence-electron chi connectivity index (χ3n) is 2.23. The predicted octanol–water partition coefficient (Wildman–Crippen LogP) is 0.703. The van der Waals surface area contributed by atoms with Gasteiger partial charge in [-0.2, -0.15) is 0 Å². The van der Waals surface area contributed by atoms with Crippen molar-refractivity contribution in [3.05, 3.63) is 11.8 Å². The molecule has 0 amide bonds. The van der Waals surface area contributed by atoms with Crippen LogP contribution in [0.3, 0.4) is 0 Å². The highest BCUT2D eigenvalue weighted by molar-refractivity contribution is 7.90. The third-order valence-corrected chi connectivity index (χ3v) is 3.16. The molecule has 0 spiro atoms. The van der Waals surface area contributed by atoms with Crippen molar-refractivity contribution < 1.29 is 13.2 Å². The molecular weight excluding hydrogens is 214 g/mol. The van der Waals surface area contributed by atoms with Gasteiger partial charge in [0.15, 0.2) is 0 Å². The molecular formula is C10H19NO3S. The van der Waals surface area contributed by atoms with Gasteiger partial charge in [0.2, 0.25) is 0 Å². The Balaban J connectivity index is 2.68. The lowest BCUT2D eigenvalue weighted by atomic mass is 10.1. The van der Waals surface area contributed by atoms with Gasteiger partial charge in [-0.15, -0.1) is 0 Å². The monoisotopic (exact) mass is 233 g/mol. The topological polar surface area (TPSA) is 55.4 Å². The summed E-state index contributed by atoms with van der Waals surface area (Å²) in [5.74, 6) is 0.890. The van der Waals surface area contributed by atoms with Crippen molar-refractivity contribution >= 4 is 9.84 Å². The van der Waals surface area contributed by atoms with E-state index in [1.54, 1.807) is 0 Å². The molecule has 0 aromatic rings. The Labute approximate surface area is 91.6 Å². The normalized spacial score (nSPS) is 19.2. The predicted molar refractivity (Wildman–Crippen MR) is 60.4 cm³/mol. The molecule has 1 aliphatic rings. The van der Waals surface area contributed by atoms with Crippen LogP contribution in [0.15, 0.2) is 11.8 Å². The van der Waals surface area contributed by atoms with Crippen LogP contribution in [0.25, 0.3) is 0 Å². The van der Waals surface area contributed by atoms with Crippen molar-refractivity contribution in [3.8, 4) is 0 Å². The second kappa shape index (κ2) is 5.51. The van der Waals surface area contributed by atoms with E-state index >= 15 is 0 Å². The van der Waals surface area contributed by atoms with Crippen molar-refractivity contribution in [2.45, 2.75) is 25.8 Å². The number of rotatable bonds is 5. The van der Waals surface area contributed by atoms with Gasteiger partial charge in [-0.25, -0.2) is 8.42 Å². The van der Waals surface area contributed by atoms with Crippen LogP contribution < -0.4 is 5.32 Å². The highest BCUT2D eigenvalue weighted by Gasteiger charge is 2.21. The molecule has 1 aliphatic heterocycles. The molecule has 0 bridgehead atoms. The van der Waals surface area contributed by atoms with Crippen molar-refractivity contribution in [3.63, 3.8) is 0 Å². The summed E-state index contributed by atoms with van der Waals surface area (Å²) in [7, 11) is -2.98. The minimum Gasteiger partial charge on any atom is -0.497 e. The summed E-state index contributed by atoms with van der Waals surface area (Å²) in [5, 5.41) is 3.14. The average Bonchev–Trinajstić information content (AvgIpc) is 2.17. The van der Waals surface area contributed by atoms with Gasteiger partial charge in [0.05, 0.1) is 18.4 Å². The minimum absolute atomic E-state index is 0.104. The molecule has 0 radical (unpaired) electrons. The van der Waals surface area contributed by atoms with Crippen LogP contribution in [0.4, 0.5) is 0 Å². The Bertz CT molecular complexity index is 322. The number of hydrogen-bond donors (Lipinski definition) is 1. The zero-order chi connectivity index (χ0) is 11.3. The fraction of sp³-hybridized carbons (Fsp3) is 0.800. The fourth-order valence-electron chi connectivity index (χ4n) is 1.61. The van der Waals surface area contributed by atoms with E-state index < -0.39 is 9.84 Å². The van der Waals surface area contributed by atoms with Crippen LogP contribution in [0, 0.1) is 0 Å². The Hall–Kier alpha value is -0.550. The number of ether oxygens (including phenoxy) is 1. The Morgan fingerprint density at radius 2 is 2.33 bits per heavy atom. The largest absolute Gasteiger partial charge is 0.497 e. The van der Waals surface area contributed by atoms with E-state index in [1.165, 1.54) is 6.26 Å². The van der Waals surface area contributed by atoms with E-state index in [1.807, 2.05) is 13.0 Å². The number of likely N-dealkylation sites (N-methyl/N-ethyl adjacent to an activating group) is 1. The van der Waals surface area contributed by atoms with Crippen LogP contribution in [-0.4, -0.2) is 39.6 Å². The molecule has 1 N–H and O–H groups in total. The zero-order valence-corrected chi connectivity index (χ0v) is 10.1. The summed E-state index contributed by atoms with van der Waals surface area (Å²) < 4.78 is 27.9. The van der Waals surface area contributed by atoms with Gasteiger partial charge in [0, 0.05) is 6.26 Å². The average molecular weight is 233 g/mol. The van der Waals surface area contributed by atoms with Crippen LogP contribution >= 0.6 is 0 Å². The number of sulfone groups is 1. The summed E-state index contributed by atoms with van der Waals surface area (Å²) in [5.41, 5.74) is 0. The maximum Gasteiger partial charge on any atom is 0.149 e. The lowest BCUT2D eigenvalue weighted by molar-refractivity contribution is 0.172. The summed E-state index contributed by atoms with van der Waals surface area (Å²) in [6.45, 7) is 3.39.